The number of rotatable bonds is 19. The Morgan fingerprint density at radius 1 is 0.561 bits per heavy atom. The highest BCUT2D eigenvalue weighted by atomic mass is 16.3. The molecule has 0 aromatic carbocycles. The van der Waals surface area contributed by atoms with Crippen LogP contribution in [-0.4, -0.2) is 66.3 Å². The van der Waals surface area contributed by atoms with Gasteiger partial charge in [-0.05, 0) is 185 Å². The van der Waals surface area contributed by atoms with Crippen molar-refractivity contribution in [3.05, 3.63) is 70.9 Å². The summed E-state index contributed by atoms with van der Waals surface area (Å²) in [7, 11) is 0. The highest BCUT2D eigenvalue weighted by Gasteiger charge is 2.54. The SMILES string of the molecule is C=C1/C(=C/C=C2/C[C@H](CCCCCC[C@H]3C/C(=C\C=C4/C[C@@H](O)C[C@H](O)C4=C)[C@@H]4CC[C@H]([C@H](C)CCCC(C)(C)O)[C@@]4(C)C3)C[C@]3(C)[C@@H]([C@H](C)CCCC(C)(C)O)CC[C@@H]23)C[C@@H](O)C[C@@H]1O. The first-order valence-electron chi connectivity index (χ1n) is 27.3. The average molecular weight is 915 g/mol. The van der Waals surface area contributed by atoms with E-state index in [1.165, 1.54) is 89.9 Å². The maximum absolute atomic E-state index is 10.6. The van der Waals surface area contributed by atoms with Crippen LogP contribution in [-0.2, 0) is 0 Å². The Morgan fingerprint density at radius 3 is 1.30 bits per heavy atom. The number of unbranched alkanes of at least 4 members (excludes halogenated alkanes) is 3. The largest absolute Gasteiger partial charge is 0.393 e. The van der Waals surface area contributed by atoms with E-state index >= 15 is 0 Å². The van der Waals surface area contributed by atoms with E-state index in [-0.39, 0.29) is 10.8 Å². The van der Waals surface area contributed by atoms with Gasteiger partial charge in [-0.1, -0.05) is 141 Å². The molecule has 6 aliphatic rings. The molecule has 6 aliphatic carbocycles. The summed E-state index contributed by atoms with van der Waals surface area (Å²) in [6.07, 6.45) is 32.4. The third-order valence-electron chi connectivity index (χ3n) is 19.0. The second kappa shape index (κ2) is 22.5. The topological polar surface area (TPSA) is 121 Å². The maximum atomic E-state index is 10.6. The van der Waals surface area contributed by atoms with Crippen molar-refractivity contribution < 1.29 is 30.6 Å². The van der Waals surface area contributed by atoms with Gasteiger partial charge in [0.1, 0.15) is 0 Å². The Morgan fingerprint density at radius 2 is 0.939 bits per heavy atom. The molecule has 0 radical (unpaired) electrons. The molecule has 0 saturated heterocycles. The van der Waals surface area contributed by atoms with Gasteiger partial charge in [0.05, 0.1) is 35.6 Å². The Kier molecular flexibility index (Phi) is 18.3. The fourth-order valence-electron chi connectivity index (χ4n) is 15.6. The highest BCUT2D eigenvalue weighted by Crippen LogP contribution is 2.63. The van der Waals surface area contributed by atoms with Gasteiger partial charge in [-0.25, -0.2) is 0 Å². The molecule has 0 spiro atoms. The molecule has 0 amide bonds. The molecular formula is C60H98O6. The van der Waals surface area contributed by atoms with Crippen molar-refractivity contribution >= 4 is 0 Å². The minimum Gasteiger partial charge on any atom is -0.393 e. The quantitative estimate of drug-likeness (QED) is 0.0718. The third-order valence-corrected chi connectivity index (χ3v) is 19.0. The lowest BCUT2D eigenvalue weighted by molar-refractivity contribution is 0.0498. The van der Waals surface area contributed by atoms with E-state index in [1.807, 2.05) is 27.7 Å². The number of aliphatic hydroxyl groups excluding tert-OH is 4. The second-order valence-electron chi connectivity index (χ2n) is 25.5. The van der Waals surface area contributed by atoms with Gasteiger partial charge in [-0.2, -0.15) is 0 Å². The summed E-state index contributed by atoms with van der Waals surface area (Å²) in [6, 6.07) is 0. The van der Waals surface area contributed by atoms with Crippen molar-refractivity contribution in [2.24, 2.45) is 58.2 Å². The predicted molar refractivity (Wildman–Crippen MR) is 274 cm³/mol. The molecule has 0 aromatic rings. The van der Waals surface area contributed by atoms with E-state index in [0.717, 1.165) is 60.8 Å². The predicted octanol–water partition coefficient (Wildman–Crippen LogP) is 13.2. The van der Waals surface area contributed by atoms with Gasteiger partial charge in [0.25, 0.3) is 0 Å². The molecule has 0 aromatic heterocycles. The molecule has 0 bridgehead atoms. The van der Waals surface area contributed by atoms with E-state index in [0.29, 0.717) is 73.0 Å². The van der Waals surface area contributed by atoms with Crippen molar-refractivity contribution in [1.29, 1.82) is 0 Å². The first-order valence-corrected chi connectivity index (χ1v) is 27.3. The van der Waals surface area contributed by atoms with Crippen molar-refractivity contribution in [2.45, 2.75) is 245 Å². The molecule has 6 fully saturated rings. The summed E-state index contributed by atoms with van der Waals surface area (Å²) in [4.78, 5) is 0. The zero-order valence-corrected chi connectivity index (χ0v) is 43.3. The standard InChI is InChI=1S/C60H98O6/c1-39(17-15-29-57(5,6)65)51-25-27-53-47(23-21-45-33-49(61)35-55(63)41(45)3)31-43(37-59(51,53)9)19-13-11-12-14-20-44-32-48(24-22-46-34-50(62)36-56(64)42(46)4)54-28-26-52(60(54,10)38-44)40(2)18-16-30-58(7,8)66/h21-24,39-40,43-44,49-56,61-66H,3-4,11-20,25-38H2,1-2,5-10H3/b45-21+,46-22+,47-23-,48-24+/t39-,40-,43+,44+,49-,50-,51-,52-,53+,54+,55+,56+,59-,60-/m1/s1. The first kappa shape index (κ1) is 53.5. The van der Waals surface area contributed by atoms with Crippen LogP contribution in [0.3, 0.4) is 0 Å². The summed E-state index contributed by atoms with van der Waals surface area (Å²) >= 11 is 0. The zero-order valence-electron chi connectivity index (χ0n) is 43.3. The molecule has 6 rings (SSSR count). The lowest BCUT2D eigenvalue weighted by atomic mass is 9.57. The lowest BCUT2D eigenvalue weighted by Gasteiger charge is -2.48. The molecule has 14 atom stereocenters. The summed E-state index contributed by atoms with van der Waals surface area (Å²) < 4.78 is 0. The maximum Gasteiger partial charge on any atom is 0.0811 e. The Labute approximate surface area is 403 Å². The van der Waals surface area contributed by atoms with E-state index in [2.05, 4.69) is 65.2 Å². The molecule has 6 nitrogen and oxygen atoms in total. The van der Waals surface area contributed by atoms with Crippen LogP contribution >= 0.6 is 0 Å². The van der Waals surface area contributed by atoms with Gasteiger partial charge in [-0.3, -0.25) is 0 Å². The van der Waals surface area contributed by atoms with Crippen LogP contribution in [0.5, 0.6) is 0 Å². The van der Waals surface area contributed by atoms with Crippen molar-refractivity contribution in [3.63, 3.8) is 0 Å². The summed E-state index contributed by atoms with van der Waals surface area (Å²) in [6.45, 7) is 26.4. The zero-order chi connectivity index (χ0) is 48.2. The van der Waals surface area contributed by atoms with Crippen molar-refractivity contribution in [3.8, 4) is 0 Å². The van der Waals surface area contributed by atoms with Gasteiger partial charge >= 0.3 is 0 Å². The van der Waals surface area contributed by atoms with Gasteiger partial charge in [-0.15, -0.1) is 0 Å². The number of hydrogen-bond donors (Lipinski definition) is 6. The van der Waals surface area contributed by atoms with Gasteiger partial charge in [0.2, 0.25) is 0 Å². The smallest absolute Gasteiger partial charge is 0.0811 e. The fourth-order valence-corrected chi connectivity index (χ4v) is 15.6. The lowest BCUT2D eigenvalue weighted by Crippen LogP contribution is -2.39. The summed E-state index contributed by atoms with van der Waals surface area (Å²) in [5.41, 5.74) is 6.00. The van der Waals surface area contributed by atoms with Crippen LogP contribution in [0, 0.1) is 58.2 Å². The Bertz CT molecular complexity index is 1640. The first-order chi connectivity index (χ1) is 31.0. The van der Waals surface area contributed by atoms with Crippen LogP contribution < -0.4 is 0 Å². The normalized spacial score (nSPS) is 38.9. The molecule has 6 saturated carbocycles. The fraction of sp³-hybridized carbons (Fsp3) is 0.800. The molecule has 0 unspecified atom stereocenters. The Balaban J connectivity index is 1.10. The minimum atomic E-state index is -0.666. The monoisotopic (exact) mass is 915 g/mol. The molecular weight excluding hydrogens is 817 g/mol. The number of fused-ring (bicyclic) bond motifs is 2. The van der Waals surface area contributed by atoms with E-state index < -0.39 is 35.6 Å². The van der Waals surface area contributed by atoms with Gasteiger partial charge in [0, 0.05) is 12.8 Å². The number of hydrogen-bond acceptors (Lipinski definition) is 6. The van der Waals surface area contributed by atoms with E-state index in [1.54, 1.807) is 11.1 Å². The second-order valence-corrected chi connectivity index (χ2v) is 25.5. The van der Waals surface area contributed by atoms with Crippen molar-refractivity contribution in [2.75, 3.05) is 0 Å². The van der Waals surface area contributed by atoms with Gasteiger partial charge < -0.3 is 30.6 Å². The minimum absolute atomic E-state index is 0.259. The van der Waals surface area contributed by atoms with Crippen LogP contribution in [0.15, 0.2) is 70.9 Å². The van der Waals surface area contributed by atoms with Crippen molar-refractivity contribution in [1.82, 2.24) is 0 Å². The van der Waals surface area contributed by atoms with Crippen LogP contribution in [0.1, 0.15) is 209 Å². The molecule has 6 heteroatoms. The molecule has 374 valence electrons. The third kappa shape index (κ3) is 13.5. The molecule has 0 aliphatic heterocycles. The van der Waals surface area contributed by atoms with Gasteiger partial charge in [0.15, 0.2) is 0 Å². The van der Waals surface area contributed by atoms with Crippen LogP contribution in [0.25, 0.3) is 0 Å². The van der Waals surface area contributed by atoms with Crippen LogP contribution in [0.4, 0.5) is 0 Å². The van der Waals surface area contributed by atoms with E-state index in [4.69, 9.17) is 0 Å². The summed E-state index contributed by atoms with van der Waals surface area (Å²) in [5.74, 6) is 5.08. The number of aliphatic hydroxyl groups is 6. The average Bonchev–Trinajstić information content (AvgIpc) is 3.76. The number of allylic oxidation sites excluding steroid dienone is 6. The van der Waals surface area contributed by atoms with Crippen LogP contribution in [0.2, 0.25) is 0 Å². The Hall–Kier alpha value is -1.80. The summed E-state index contributed by atoms with van der Waals surface area (Å²) in [5, 5.41) is 63.1. The highest BCUT2D eigenvalue weighted by molar-refractivity contribution is 5.40. The molecule has 66 heavy (non-hydrogen) atoms. The molecule has 6 N–H and O–H groups in total. The molecule has 0 heterocycles. The van der Waals surface area contributed by atoms with E-state index in [9.17, 15) is 30.6 Å².